The van der Waals surface area contributed by atoms with Crippen molar-refractivity contribution in [2.45, 2.75) is 11.8 Å². The van der Waals surface area contributed by atoms with E-state index in [4.69, 9.17) is 4.74 Å². The first-order valence-corrected chi connectivity index (χ1v) is 7.46. The molecule has 0 heterocycles. The average molecular weight is 350 g/mol. The highest BCUT2D eigenvalue weighted by atomic mass is 19.4. The molecular formula is C19H14F4O2. The van der Waals surface area contributed by atoms with Crippen LogP contribution in [0.5, 0.6) is 5.75 Å². The lowest BCUT2D eigenvalue weighted by molar-refractivity contribution is -0.275. The summed E-state index contributed by atoms with van der Waals surface area (Å²) in [5.41, 5.74) is -3.73. The molecule has 6 heteroatoms. The third kappa shape index (κ3) is 3.44. The van der Waals surface area contributed by atoms with Crippen molar-refractivity contribution in [3.63, 3.8) is 0 Å². The van der Waals surface area contributed by atoms with E-state index >= 15 is 0 Å². The van der Waals surface area contributed by atoms with E-state index in [1.807, 2.05) is 12.1 Å². The van der Waals surface area contributed by atoms with Crippen molar-refractivity contribution in [3.05, 3.63) is 78.1 Å². The second-order valence-corrected chi connectivity index (χ2v) is 5.66. The van der Waals surface area contributed by atoms with Gasteiger partial charge in [-0.3, -0.25) is 0 Å². The lowest BCUT2D eigenvalue weighted by Gasteiger charge is -2.30. The average Bonchev–Trinajstić information content (AvgIpc) is 2.59. The molecule has 3 rings (SSSR count). The molecule has 0 aliphatic rings. The van der Waals surface area contributed by atoms with Crippen molar-refractivity contribution in [3.8, 4) is 5.75 Å². The van der Waals surface area contributed by atoms with Gasteiger partial charge in [0.25, 0.3) is 0 Å². The number of halogens is 4. The predicted octanol–water partition coefficient (Wildman–Crippen LogP) is 4.81. The van der Waals surface area contributed by atoms with Gasteiger partial charge in [0.15, 0.2) is 0 Å². The first kappa shape index (κ1) is 17.2. The van der Waals surface area contributed by atoms with E-state index in [0.29, 0.717) is 0 Å². The van der Waals surface area contributed by atoms with Crippen LogP contribution >= 0.6 is 0 Å². The molecule has 0 aliphatic carbocycles. The Labute approximate surface area is 141 Å². The highest BCUT2D eigenvalue weighted by Gasteiger charge is 2.55. The van der Waals surface area contributed by atoms with Crippen molar-refractivity contribution in [2.24, 2.45) is 0 Å². The van der Waals surface area contributed by atoms with Gasteiger partial charge in [-0.25, -0.2) is 4.39 Å². The van der Waals surface area contributed by atoms with E-state index in [2.05, 4.69) is 0 Å². The van der Waals surface area contributed by atoms with E-state index in [1.165, 1.54) is 6.07 Å². The first-order chi connectivity index (χ1) is 11.8. The summed E-state index contributed by atoms with van der Waals surface area (Å²) in [6.45, 7) is -1.04. The van der Waals surface area contributed by atoms with Gasteiger partial charge < -0.3 is 9.84 Å². The summed E-state index contributed by atoms with van der Waals surface area (Å²) in [6.07, 6.45) is -4.98. The van der Waals surface area contributed by atoms with Crippen LogP contribution in [0.4, 0.5) is 17.6 Å². The normalized spacial score (nSPS) is 14.3. The minimum atomic E-state index is -4.98. The van der Waals surface area contributed by atoms with Gasteiger partial charge >= 0.3 is 6.18 Å². The number of hydrogen-bond donors (Lipinski definition) is 1. The molecule has 3 aromatic rings. The smallest absolute Gasteiger partial charge is 0.424 e. The molecule has 0 saturated carbocycles. The van der Waals surface area contributed by atoms with Crippen LogP contribution in [0.3, 0.4) is 0 Å². The highest BCUT2D eigenvalue weighted by Crippen LogP contribution is 2.39. The Balaban J connectivity index is 1.88. The molecular weight excluding hydrogens is 336 g/mol. The summed E-state index contributed by atoms with van der Waals surface area (Å²) in [4.78, 5) is 0. The second-order valence-electron chi connectivity index (χ2n) is 5.66. The van der Waals surface area contributed by atoms with Gasteiger partial charge in [-0.05, 0) is 40.6 Å². The number of aliphatic hydroxyl groups is 1. The van der Waals surface area contributed by atoms with Gasteiger partial charge in [0.2, 0.25) is 5.60 Å². The quantitative estimate of drug-likeness (QED) is 0.685. The first-order valence-electron chi connectivity index (χ1n) is 7.46. The monoisotopic (exact) mass is 350 g/mol. The summed E-state index contributed by atoms with van der Waals surface area (Å²) in [5.74, 6) is -0.493. The standard InChI is InChI=1S/C19H14F4O2/c20-16-8-6-15(7-9-16)18(24,19(21,22)23)12-25-17-10-5-13-3-1-2-4-14(13)11-17/h1-11,24H,12H2. The Morgan fingerprint density at radius 3 is 2.12 bits per heavy atom. The third-order valence-corrected chi connectivity index (χ3v) is 3.96. The lowest BCUT2D eigenvalue weighted by atomic mass is 9.94. The van der Waals surface area contributed by atoms with E-state index in [9.17, 15) is 22.7 Å². The van der Waals surface area contributed by atoms with Crippen molar-refractivity contribution in [1.82, 2.24) is 0 Å². The molecule has 0 amide bonds. The summed E-state index contributed by atoms with van der Waals surface area (Å²) in [5, 5.41) is 11.9. The number of ether oxygens (including phenoxy) is 1. The molecule has 25 heavy (non-hydrogen) atoms. The molecule has 1 unspecified atom stereocenters. The van der Waals surface area contributed by atoms with Gasteiger partial charge in [-0.2, -0.15) is 13.2 Å². The van der Waals surface area contributed by atoms with E-state index in [0.717, 1.165) is 35.0 Å². The molecule has 0 aromatic heterocycles. The molecule has 1 atom stereocenters. The SMILES string of the molecule is OC(COc1ccc2ccccc2c1)(c1ccc(F)cc1)C(F)(F)F. The zero-order valence-corrected chi connectivity index (χ0v) is 12.9. The summed E-state index contributed by atoms with van der Waals surface area (Å²) in [6, 6.07) is 15.7. The van der Waals surface area contributed by atoms with Crippen molar-refractivity contribution in [2.75, 3.05) is 6.61 Å². The Bertz CT molecular complexity index is 874. The topological polar surface area (TPSA) is 29.5 Å². The molecule has 1 N–H and O–H groups in total. The van der Waals surface area contributed by atoms with Crippen LogP contribution in [-0.2, 0) is 5.60 Å². The largest absolute Gasteiger partial charge is 0.490 e. The molecule has 2 nitrogen and oxygen atoms in total. The lowest BCUT2D eigenvalue weighted by Crippen LogP contribution is -2.47. The number of fused-ring (bicyclic) bond motifs is 1. The van der Waals surface area contributed by atoms with Crippen LogP contribution in [0.15, 0.2) is 66.7 Å². The van der Waals surface area contributed by atoms with Gasteiger partial charge in [-0.15, -0.1) is 0 Å². The Hall–Kier alpha value is -2.60. The second kappa shape index (κ2) is 6.37. The maximum atomic E-state index is 13.4. The van der Waals surface area contributed by atoms with E-state index in [-0.39, 0.29) is 5.75 Å². The number of alkyl halides is 3. The van der Waals surface area contributed by atoms with Crippen LogP contribution in [0.25, 0.3) is 10.8 Å². The molecule has 0 fully saturated rings. The Kier molecular flexibility index (Phi) is 4.39. The molecule has 3 aromatic carbocycles. The van der Waals surface area contributed by atoms with Gasteiger partial charge in [0.1, 0.15) is 18.2 Å². The highest BCUT2D eigenvalue weighted by molar-refractivity contribution is 5.83. The number of benzene rings is 3. The fraction of sp³-hybridized carbons (Fsp3) is 0.158. The van der Waals surface area contributed by atoms with Crippen LogP contribution in [0.1, 0.15) is 5.56 Å². The van der Waals surface area contributed by atoms with E-state index in [1.54, 1.807) is 24.3 Å². The zero-order chi connectivity index (χ0) is 18.1. The molecule has 130 valence electrons. The number of hydrogen-bond acceptors (Lipinski definition) is 2. The minimum Gasteiger partial charge on any atom is -0.490 e. The van der Waals surface area contributed by atoms with Crippen molar-refractivity contribution in [1.29, 1.82) is 0 Å². The third-order valence-electron chi connectivity index (χ3n) is 3.96. The zero-order valence-electron chi connectivity index (χ0n) is 12.9. The van der Waals surface area contributed by atoms with Crippen LogP contribution in [-0.4, -0.2) is 17.9 Å². The predicted molar refractivity (Wildman–Crippen MR) is 85.8 cm³/mol. The number of rotatable bonds is 4. The van der Waals surface area contributed by atoms with Crippen LogP contribution in [0.2, 0.25) is 0 Å². The van der Waals surface area contributed by atoms with Crippen LogP contribution in [0, 0.1) is 5.82 Å². The Morgan fingerprint density at radius 1 is 0.840 bits per heavy atom. The van der Waals surface area contributed by atoms with Crippen molar-refractivity contribution >= 4 is 10.8 Å². The molecule has 0 spiro atoms. The molecule has 0 bridgehead atoms. The van der Waals surface area contributed by atoms with Gasteiger partial charge in [0.05, 0.1) is 0 Å². The van der Waals surface area contributed by atoms with E-state index < -0.39 is 29.8 Å². The van der Waals surface area contributed by atoms with Gasteiger partial charge in [0, 0.05) is 0 Å². The maximum Gasteiger partial charge on any atom is 0.424 e. The van der Waals surface area contributed by atoms with Crippen molar-refractivity contribution < 1.29 is 27.4 Å². The molecule has 0 aliphatic heterocycles. The molecule has 0 radical (unpaired) electrons. The fourth-order valence-corrected chi connectivity index (χ4v) is 2.50. The fourth-order valence-electron chi connectivity index (χ4n) is 2.50. The summed E-state index contributed by atoms with van der Waals surface area (Å²) >= 11 is 0. The van der Waals surface area contributed by atoms with Crippen LogP contribution < -0.4 is 4.74 Å². The minimum absolute atomic E-state index is 0.198. The summed E-state index contributed by atoms with van der Waals surface area (Å²) < 4.78 is 58.5. The molecule has 0 saturated heterocycles. The Morgan fingerprint density at radius 2 is 1.48 bits per heavy atom. The maximum absolute atomic E-state index is 13.4. The van der Waals surface area contributed by atoms with Gasteiger partial charge in [-0.1, -0.05) is 42.5 Å². The summed E-state index contributed by atoms with van der Waals surface area (Å²) in [7, 11) is 0.